The number of ether oxygens (including phenoxy) is 1. The Bertz CT molecular complexity index is 2530. The van der Waals surface area contributed by atoms with Crippen molar-refractivity contribution in [3.63, 3.8) is 0 Å². The second-order valence-electron chi connectivity index (χ2n) is 13.7. The van der Waals surface area contributed by atoms with Crippen LogP contribution in [0.15, 0.2) is 237 Å². The summed E-state index contributed by atoms with van der Waals surface area (Å²) in [4.78, 5) is 2.34. The van der Waals surface area contributed by atoms with E-state index in [1.165, 1.54) is 39.5 Å². The molecule has 0 N–H and O–H groups in total. The van der Waals surface area contributed by atoms with Gasteiger partial charge in [-0.25, -0.2) is 0 Å². The van der Waals surface area contributed by atoms with Gasteiger partial charge >= 0.3 is 257 Å². The number of benzene rings is 9. The molecule has 0 radical (unpaired) electrons. The van der Waals surface area contributed by atoms with E-state index in [-0.39, 0.29) is 0 Å². The summed E-state index contributed by atoms with van der Waals surface area (Å²) in [7, 11) is 0. The Morgan fingerprint density at radius 3 is 1.25 bits per heavy atom. The molecule has 0 saturated carbocycles. The molecule has 262 valence electrons. The Morgan fingerprint density at radius 2 is 0.709 bits per heavy atom. The van der Waals surface area contributed by atoms with Gasteiger partial charge in [0.1, 0.15) is 11.5 Å². The third-order valence-corrected chi connectivity index (χ3v) is 20.5. The summed E-state index contributed by atoms with van der Waals surface area (Å²) in [5.74, 6) is 1.62. The molecule has 0 aliphatic heterocycles. The van der Waals surface area contributed by atoms with Crippen LogP contribution in [-0.4, -0.2) is 13.3 Å². The number of rotatable bonds is 10. The molecule has 0 aliphatic rings. The van der Waals surface area contributed by atoms with E-state index in [1.807, 2.05) is 42.5 Å². The van der Waals surface area contributed by atoms with E-state index in [9.17, 15) is 0 Å². The van der Waals surface area contributed by atoms with Crippen molar-refractivity contribution < 1.29 is 4.74 Å². The Hall–Kier alpha value is -6.62. The Morgan fingerprint density at radius 1 is 0.309 bits per heavy atom. The van der Waals surface area contributed by atoms with E-state index in [1.54, 1.807) is 0 Å². The zero-order chi connectivity index (χ0) is 36.9. The summed E-state index contributed by atoms with van der Waals surface area (Å²) in [6, 6.07) is 85.2. The summed E-state index contributed by atoms with van der Waals surface area (Å²) in [6.45, 7) is 0. The molecule has 0 unspecified atom stereocenters. The summed E-state index contributed by atoms with van der Waals surface area (Å²) in [5.41, 5.74) is 5.63. The molecule has 0 bridgehead atoms. The van der Waals surface area contributed by atoms with Gasteiger partial charge in [0.05, 0.1) is 0 Å². The summed E-state index contributed by atoms with van der Waals surface area (Å²) in [6.07, 6.45) is 0. The Labute approximate surface area is 325 Å². The second kappa shape index (κ2) is 15.4. The number of hydrogen-bond donors (Lipinski definition) is 0. The van der Waals surface area contributed by atoms with E-state index >= 15 is 0 Å². The van der Waals surface area contributed by atoms with Gasteiger partial charge < -0.3 is 4.74 Å². The standard InChI is InChI=1S/C52H39GeNO/c1-5-18-43(19-6-1)53(44-20-7-2-8-21-44,45-22-9-3-10-23-45)46-32-28-40(29-33-46)41-30-34-47(35-31-41)54(52-27-15-17-42-16-13-14-26-51(42)52)48-36-38-50(39-37-48)55-49-24-11-4-12-25-49/h1-39H. The fourth-order valence-electron chi connectivity index (χ4n) is 7.90. The molecule has 0 saturated heterocycles. The van der Waals surface area contributed by atoms with Gasteiger partial charge in [0.25, 0.3) is 0 Å². The molecule has 0 aromatic heterocycles. The number of anilines is 3. The normalized spacial score (nSPS) is 11.3. The van der Waals surface area contributed by atoms with Crippen molar-refractivity contribution in [1.29, 1.82) is 0 Å². The van der Waals surface area contributed by atoms with E-state index in [2.05, 4.69) is 199 Å². The molecule has 0 atom stereocenters. The number of hydrogen-bond acceptors (Lipinski definition) is 2. The average molecular weight is 767 g/mol. The van der Waals surface area contributed by atoms with Crippen molar-refractivity contribution in [3.8, 4) is 22.6 Å². The SMILES string of the molecule is c1ccc(Oc2ccc(N(c3ccc(-c4cc[c]([Ge]([c]5ccccc5)([c]5ccccc5)[c]5ccccc5)cc4)cc3)c3cccc4ccccc34)cc2)cc1. The number of nitrogens with zero attached hydrogens (tertiary/aromatic N) is 1. The van der Waals surface area contributed by atoms with Crippen molar-refractivity contribution in [2.45, 2.75) is 0 Å². The first-order valence-corrected chi connectivity index (χ1v) is 23.0. The fourth-order valence-corrected chi connectivity index (χ4v) is 17.9. The van der Waals surface area contributed by atoms with Crippen LogP contribution < -0.4 is 27.2 Å². The van der Waals surface area contributed by atoms with Gasteiger partial charge in [-0.15, -0.1) is 0 Å². The molecule has 3 heteroatoms. The van der Waals surface area contributed by atoms with Crippen LogP contribution >= 0.6 is 0 Å². The van der Waals surface area contributed by atoms with Crippen LogP contribution in [0, 0.1) is 0 Å². The molecule has 0 heterocycles. The molecule has 0 spiro atoms. The van der Waals surface area contributed by atoms with Crippen LogP contribution in [0.2, 0.25) is 0 Å². The minimum absolute atomic E-state index is 0.798. The van der Waals surface area contributed by atoms with Gasteiger partial charge in [-0.1, -0.05) is 42.5 Å². The van der Waals surface area contributed by atoms with Crippen molar-refractivity contribution in [3.05, 3.63) is 237 Å². The van der Waals surface area contributed by atoms with Crippen molar-refractivity contribution in [2.75, 3.05) is 4.90 Å². The maximum absolute atomic E-state index is 6.15. The molecular formula is C52H39GeNO. The van der Waals surface area contributed by atoms with E-state index in [0.29, 0.717) is 0 Å². The first kappa shape index (κ1) is 34.2. The van der Waals surface area contributed by atoms with Gasteiger partial charge in [0, 0.05) is 0 Å². The van der Waals surface area contributed by atoms with Crippen LogP contribution in [-0.2, 0) is 0 Å². The van der Waals surface area contributed by atoms with Crippen molar-refractivity contribution in [2.24, 2.45) is 0 Å². The summed E-state index contributed by atoms with van der Waals surface area (Å²) >= 11 is -3.32. The van der Waals surface area contributed by atoms with Crippen LogP contribution in [0.25, 0.3) is 21.9 Å². The van der Waals surface area contributed by atoms with Gasteiger partial charge in [-0.3, -0.25) is 0 Å². The van der Waals surface area contributed by atoms with Gasteiger partial charge in [-0.2, -0.15) is 0 Å². The zero-order valence-electron chi connectivity index (χ0n) is 30.4. The van der Waals surface area contributed by atoms with Crippen LogP contribution in [0.5, 0.6) is 11.5 Å². The number of fused-ring (bicyclic) bond motifs is 1. The van der Waals surface area contributed by atoms with Crippen molar-refractivity contribution in [1.82, 2.24) is 0 Å². The molecule has 0 fully saturated rings. The van der Waals surface area contributed by atoms with Crippen LogP contribution in [0.1, 0.15) is 0 Å². The molecule has 0 aliphatic carbocycles. The van der Waals surface area contributed by atoms with Crippen molar-refractivity contribution >= 4 is 58.7 Å². The molecule has 9 rings (SSSR count). The molecular weight excluding hydrogens is 727 g/mol. The fraction of sp³-hybridized carbons (Fsp3) is 0. The van der Waals surface area contributed by atoms with Gasteiger partial charge in [-0.05, 0) is 12.1 Å². The van der Waals surface area contributed by atoms with Gasteiger partial charge in [0.2, 0.25) is 0 Å². The van der Waals surface area contributed by atoms with E-state index in [0.717, 1.165) is 28.6 Å². The topological polar surface area (TPSA) is 12.5 Å². The quantitative estimate of drug-likeness (QED) is 0.129. The zero-order valence-corrected chi connectivity index (χ0v) is 32.5. The average Bonchev–Trinajstić information content (AvgIpc) is 3.27. The van der Waals surface area contributed by atoms with Gasteiger partial charge in [0.15, 0.2) is 0 Å². The molecule has 0 amide bonds. The second-order valence-corrected chi connectivity index (χ2v) is 21.7. The smallest absolute Gasteiger partial charge is 0.0586 e. The van der Waals surface area contributed by atoms with E-state index in [4.69, 9.17) is 4.74 Å². The van der Waals surface area contributed by atoms with Crippen LogP contribution in [0.3, 0.4) is 0 Å². The first-order chi connectivity index (χ1) is 27.3. The summed E-state index contributed by atoms with van der Waals surface area (Å²) < 4.78 is 11.8. The summed E-state index contributed by atoms with van der Waals surface area (Å²) in [5, 5.41) is 2.40. The number of para-hydroxylation sites is 1. The Kier molecular flexibility index (Phi) is 9.56. The third-order valence-electron chi connectivity index (χ3n) is 10.5. The molecule has 9 aromatic rings. The predicted molar refractivity (Wildman–Crippen MR) is 234 cm³/mol. The maximum atomic E-state index is 6.15. The minimum atomic E-state index is -3.32. The Balaban J connectivity index is 1.09. The molecule has 2 nitrogen and oxygen atoms in total. The first-order valence-electron chi connectivity index (χ1n) is 18.8. The minimum Gasteiger partial charge on any atom is -0.0586 e. The molecule has 55 heavy (non-hydrogen) atoms. The molecule has 9 aromatic carbocycles. The third kappa shape index (κ3) is 6.73. The monoisotopic (exact) mass is 767 g/mol. The van der Waals surface area contributed by atoms with E-state index < -0.39 is 13.3 Å². The van der Waals surface area contributed by atoms with Crippen LogP contribution in [0.4, 0.5) is 17.1 Å². The predicted octanol–water partition coefficient (Wildman–Crippen LogP) is 11.1.